The third kappa shape index (κ3) is 1.63. The summed E-state index contributed by atoms with van der Waals surface area (Å²) in [5, 5.41) is 7.41. The molecule has 0 spiro atoms. The molecule has 0 unspecified atom stereocenters. The van der Waals surface area contributed by atoms with Gasteiger partial charge in [-0.05, 0) is 6.07 Å². The van der Waals surface area contributed by atoms with Gasteiger partial charge in [0.1, 0.15) is 5.52 Å². The standard InChI is InChI=1S/C11H12N6/c1-16-7-13-10-8(16)3-5-12-11(10)14-9-4-6-17(2)15-9/h3-7H,1-2H3,(H,12,14,15). The monoisotopic (exact) mass is 228 g/mol. The first-order valence-electron chi connectivity index (χ1n) is 5.27. The smallest absolute Gasteiger partial charge is 0.159 e. The number of nitrogens with one attached hydrogen (secondary N) is 1. The first kappa shape index (κ1) is 9.83. The highest BCUT2D eigenvalue weighted by atomic mass is 15.3. The molecule has 0 aromatic carbocycles. The van der Waals surface area contributed by atoms with Crippen molar-refractivity contribution in [3.63, 3.8) is 0 Å². The Morgan fingerprint density at radius 2 is 2.06 bits per heavy atom. The minimum Gasteiger partial charge on any atom is -0.334 e. The molecule has 6 nitrogen and oxygen atoms in total. The number of pyridine rings is 1. The number of aromatic nitrogens is 5. The lowest BCUT2D eigenvalue weighted by atomic mass is 10.4. The summed E-state index contributed by atoms with van der Waals surface area (Å²) in [6.07, 6.45) is 5.41. The van der Waals surface area contributed by atoms with Gasteiger partial charge in [-0.2, -0.15) is 5.10 Å². The Morgan fingerprint density at radius 1 is 1.18 bits per heavy atom. The summed E-state index contributed by atoms with van der Waals surface area (Å²) < 4.78 is 3.70. The number of hydrogen-bond acceptors (Lipinski definition) is 4. The topological polar surface area (TPSA) is 60.6 Å². The molecule has 0 radical (unpaired) electrons. The van der Waals surface area contributed by atoms with Crippen molar-refractivity contribution in [2.24, 2.45) is 14.1 Å². The van der Waals surface area contributed by atoms with Gasteiger partial charge in [-0.15, -0.1) is 0 Å². The maximum absolute atomic E-state index is 4.32. The van der Waals surface area contributed by atoms with E-state index in [4.69, 9.17) is 0 Å². The van der Waals surface area contributed by atoms with Crippen molar-refractivity contribution in [2.45, 2.75) is 0 Å². The molecule has 0 fully saturated rings. The zero-order chi connectivity index (χ0) is 11.8. The van der Waals surface area contributed by atoms with Crippen LogP contribution < -0.4 is 5.32 Å². The fourth-order valence-electron chi connectivity index (χ4n) is 1.76. The second-order valence-electron chi connectivity index (χ2n) is 3.88. The Balaban J connectivity index is 2.05. The van der Waals surface area contributed by atoms with Crippen LogP contribution in [0.15, 0.2) is 30.9 Å². The molecule has 0 saturated heterocycles. The molecule has 0 aliphatic carbocycles. The number of aryl methyl sites for hydroxylation is 2. The second kappa shape index (κ2) is 3.58. The molecule has 3 aromatic heterocycles. The highest BCUT2D eigenvalue weighted by Crippen LogP contribution is 2.21. The van der Waals surface area contributed by atoms with Crippen molar-refractivity contribution in [3.05, 3.63) is 30.9 Å². The Bertz CT molecular complexity index is 665. The largest absolute Gasteiger partial charge is 0.334 e. The lowest BCUT2D eigenvalue weighted by Crippen LogP contribution is -1.97. The zero-order valence-corrected chi connectivity index (χ0v) is 9.62. The number of imidazole rings is 1. The maximum atomic E-state index is 4.32. The molecule has 0 aliphatic heterocycles. The molecule has 0 atom stereocenters. The van der Waals surface area contributed by atoms with Crippen LogP contribution in [0.1, 0.15) is 0 Å². The number of hydrogen-bond donors (Lipinski definition) is 1. The van der Waals surface area contributed by atoms with Gasteiger partial charge in [0.2, 0.25) is 0 Å². The van der Waals surface area contributed by atoms with Crippen LogP contribution in [0, 0.1) is 0 Å². The molecule has 0 saturated carbocycles. The average Bonchev–Trinajstić information content (AvgIpc) is 2.88. The van der Waals surface area contributed by atoms with Gasteiger partial charge >= 0.3 is 0 Å². The van der Waals surface area contributed by atoms with Crippen molar-refractivity contribution in [1.29, 1.82) is 0 Å². The molecule has 0 amide bonds. The average molecular weight is 228 g/mol. The summed E-state index contributed by atoms with van der Waals surface area (Å²) in [4.78, 5) is 8.61. The molecular formula is C11H12N6. The van der Waals surface area contributed by atoms with E-state index in [1.54, 1.807) is 17.2 Å². The number of rotatable bonds is 2. The Morgan fingerprint density at radius 3 is 2.82 bits per heavy atom. The molecule has 0 aliphatic rings. The van der Waals surface area contributed by atoms with Gasteiger partial charge in [0.25, 0.3) is 0 Å². The number of nitrogens with zero attached hydrogens (tertiary/aromatic N) is 5. The van der Waals surface area contributed by atoms with Crippen LogP contribution in [-0.4, -0.2) is 24.3 Å². The highest BCUT2D eigenvalue weighted by Gasteiger charge is 2.07. The molecule has 1 N–H and O–H groups in total. The molecule has 0 bridgehead atoms. The van der Waals surface area contributed by atoms with Crippen molar-refractivity contribution < 1.29 is 0 Å². The van der Waals surface area contributed by atoms with Crippen molar-refractivity contribution >= 4 is 22.7 Å². The van der Waals surface area contributed by atoms with Gasteiger partial charge in [-0.25, -0.2) is 9.97 Å². The van der Waals surface area contributed by atoms with Gasteiger partial charge < -0.3 is 9.88 Å². The highest BCUT2D eigenvalue weighted by molar-refractivity contribution is 5.87. The van der Waals surface area contributed by atoms with E-state index in [9.17, 15) is 0 Å². The summed E-state index contributed by atoms with van der Waals surface area (Å²) in [5.74, 6) is 1.49. The maximum Gasteiger partial charge on any atom is 0.159 e. The van der Waals surface area contributed by atoms with Gasteiger partial charge in [-0.1, -0.05) is 0 Å². The lowest BCUT2D eigenvalue weighted by Gasteiger charge is -2.02. The number of anilines is 2. The fraction of sp³-hybridized carbons (Fsp3) is 0.182. The number of fused-ring (bicyclic) bond motifs is 1. The third-order valence-corrected chi connectivity index (χ3v) is 2.60. The molecule has 86 valence electrons. The van der Waals surface area contributed by atoms with Crippen LogP contribution in [0.5, 0.6) is 0 Å². The van der Waals surface area contributed by atoms with Crippen molar-refractivity contribution in [2.75, 3.05) is 5.32 Å². The van der Waals surface area contributed by atoms with Crippen LogP contribution in [0.25, 0.3) is 11.0 Å². The SMILES string of the molecule is Cn1ccc(Nc2nccc3c2ncn3C)n1. The first-order valence-corrected chi connectivity index (χ1v) is 5.27. The van der Waals surface area contributed by atoms with Crippen LogP contribution in [0.2, 0.25) is 0 Å². The quantitative estimate of drug-likeness (QED) is 0.721. The van der Waals surface area contributed by atoms with Crippen LogP contribution in [0.4, 0.5) is 11.6 Å². The van der Waals surface area contributed by atoms with Gasteiger partial charge in [0, 0.05) is 32.6 Å². The van der Waals surface area contributed by atoms with E-state index < -0.39 is 0 Å². The summed E-state index contributed by atoms with van der Waals surface area (Å²) in [6, 6.07) is 3.83. The van der Waals surface area contributed by atoms with Crippen LogP contribution >= 0.6 is 0 Å². The van der Waals surface area contributed by atoms with Crippen molar-refractivity contribution in [3.8, 4) is 0 Å². The molecular weight excluding hydrogens is 216 g/mol. The van der Waals surface area contributed by atoms with Gasteiger partial charge in [0.05, 0.1) is 11.8 Å². The minimum absolute atomic E-state index is 0.724. The van der Waals surface area contributed by atoms with E-state index in [2.05, 4.69) is 20.4 Å². The molecule has 3 heterocycles. The summed E-state index contributed by atoms with van der Waals surface area (Å²) in [6.45, 7) is 0. The Labute approximate surface area is 97.9 Å². The predicted octanol–water partition coefficient (Wildman–Crippen LogP) is 1.45. The van der Waals surface area contributed by atoms with Crippen LogP contribution in [-0.2, 0) is 14.1 Å². The normalized spacial score (nSPS) is 10.9. The van der Waals surface area contributed by atoms with E-state index in [-0.39, 0.29) is 0 Å². The van der Waals surface area contributed by atoms with E-state index in [0.29, 0.717) is 0 Å². The van der Waals surface area contributed by atoms with E-state index in [0.717, 1.165) is 22.7 Å². The van der Waals surface area contributed by atoms with E-state index in [1.165, 1.54) is 0 Å². The Kier molecular flexibility index (Phi) is 2.07. The fourth-order valence-corrected chi connectivity index (χ4v) is 1.76. The summed E-state index contributed by atoms with van der Waals surface area (Å²) in [5.41, 5.74) is 1.89. The van der Waals surface area contributed by atoms with E-state index in [1.807, 2.05) is 37.0 Å². The van der Waals surface area contributed by atoms with E-state index >= 15 is 0 Å². The predicted molar refractivity (Wildman–Crippen MR) is 65.0 cm³/mol. The van der Waals surface area contributed by atoms with Crippen LogP contribution in [0.3, 0.4) is 0 Å². The second-order valence-corrected chi connectivity index (χ2v) is 3.88. The lowest BCUT2D eigenvalue weighted by molar-refractivity contribution is 0.771. The minimum atomic E-state index is 0.724. The Hall–Kier alpha value is -2.37. The van der Waals surface area contributed by atoms with Gasteiger partial charge in [-0.3, -0.25) is 4.68 Å². The summed E-state index contributed by atoms with van der Waals surface area (Å²) in [7, 11) is 3.83. The first-order chi connectivity index (χ1) is 8.24. The van der Waals surface area contributed by atoms with Gasteiger partial charge in [0.15, 0.2) is 11.6 Å². The third-order valence-electron chi connectivity index (χ3n) is 2.60. The molecule has 3 aromatic rings. The zero-order valence-electron chi connectivity index (χ0n) is 9.62. The molecule has 17 heavy (non-hydrogen) atoms. The van der Waals surface area contributed by atoms with Crippen molar-refractivity contribution in [1.82, 2.24) is 24.3 Å². The molecule has 3 rings (SSSR count). The molecule has 6 heteroatoms. The summed E-state index contributed by atoms with van der Waals surface area (Å²) >= 11 is 0.